The molecular formula is C7H13N4+. The molecule has 0 aliphatic heterocycles. The van der Waals surface area contributed by atoms with Gasteiger partial charge in [0.05, 0.1) is 5.70 Å². The van der Waals surface area contributed by atoms with Crippen molar-refractivity contribution in [2.24, 2.45) is 11.5 Å². The van der Waals surface area contributed by atoms with Crippen molar-refractivity contribution >= 4 is 5.96 Å². The number of guanidine groups is 1. The molecule has 0 heterocycles. The van der Waals surface area contributed by atoms with E-state index in [-0.39, 0.29) is 5.96 Å². The van der Waals surface area contributed by atoms with E-state index >= 15 is 0 Å². The summed E-state index contributed by atoms with van der Waals surface area (Å²) >= 11 is 0. The molecule has 1 aliphatic rings. The van der Waals surface area contributed by atoms with Gasteiger partial charge in [-0.3, -0.25) is 16.9 Å². The Morgan fingerprint density at radius 1 is 1.64 bits per heavy atom. The summed E-state index contributed by atoms with van der Waals surface area (Å²) < 4.78 is 0. The van der Waals surface area contributed by atoms with Crippen molar-refractivity contribution in [1.29, 1.82) is 0 Å². The first-order valence-electron chi connectivity index (χ1n) is 3.46. The minimum atomic E-state index is 0.170. The number of nitrogens with one attached hydrogen (secondary N) is 2. The Labute approximate surface area is 65.6 Å². The summed E-state index contributed by atoms with van der Waals surface area (Å²) in [7, 11) is 0. The summed E-state index contributed by atoms with van der Waals surface area (Å²) in [6.45, 7) is 2.07. The molecular weight excluding hydrogens is 140 g/mol. The number of hydrazone groups is 1. The number of hydrogen-bond acceptors (Lipinski definition) is 1. The minimum Gasteiger partial charge on any atom is -0.289 e. The van der Waals surface area contributed by atoms with Gasteiger partial charge in [0.1, 0.15) is 0 Å². The molecule has 0 amide bonds. The van der Waals surface area contributed by atoms with Crippen molar-refractivity contribution in [3.05, 3.63) is 23.4 Å². The molecule has 0 aromatic carbocycles. The van der Waals surface area contributed by atoms with Gasteiger partial charge in [0, 0.05) is 0 Å². The quantitative estimate of drug-likeness (QED) is 0.212. The average molecular weight is 153 g/mol. The van der Waals surface area contributed by atoms with E-state index in [9.17, 15) is 0 Å². The maximum atomic E-state index is 5.18. The largest absolute Gasteiger partial charge is 0.360 e. The number of allylic oxidation sites excluding steroid dienone is 3. The third-order valence-corrected chi connectivity index (χ3v) is 1.40. The van der Waals surface area contributed by atoms with Gasteiger partial charge in [-0.25, -0.2) is 0 Å². The standard InChI is InChI=1S/C7H12N4/c1-5-2-3-6(4-5)10-11-7(8)9/h3-4,10H,2H2,1H3,(H4,8,9,11)/p+1. The van der Waals surface area contributed by atoms with E-state index in [0.717, 1.165) is 12.1 Å². The van der Waals surface area contributed by atoms with Gasteiger partial charge >= 0.3 is 5.96 Å². The van der Waals surface area contributed by atoms with Crippen LogP contribution in [0.25, 0.3) is 0 Å². The summed E-state index contributed by atoms with van der Waals surface area (Å²) in [6, 6.07) is 0. The summed E-state index contributed by atoms with van der Waals surface area (Å²) in [6.07, 6.45) is 5.09. The maximum absolute atomic E-state index is 5.18. The van der Waals surface area contributed by atoms with Crippen LogP contribution in [0.1, 0.15) is 13.3 Å². The van der Waals surface area contributed by atoms with Crippen LogP contribution in [0.3, 0.4) is 0 Å². The normalized spacial score (nSPS) is 15.4. The van der Waals surface area contributed by atoms with Crippen molar-refractivity contribution in [2.45, 2.75) is 13.3 Å². The van der Waals surface area contributed by atoms with Gasteiger partial charge < -0.3 is 0 Å². The first kappa shape index (κ1) is 7.65. The minimum absolute atomic E-state index is 0.170. The maximum Gasteiger partial charge on any atom is 0.360 e. The van der Waals surface area contributed by atoms with Crippen LogP contribution >= 0.6 is 0 Å². The molecule has 4 nitrogen and oxygen atoms in total. The van der Waals surface area contributed by atoms with E-state index in [1.54, 1.807) is 0 Å². The van der Waals surface area contributed by atoms with E-state index in [4.69, 9.17) is 11.5 Å². The highest BCUT2D eigenvalue weighted by molar-refractivity contribution is 5.69. The summed E-state index contributed by atoms with van der Waals surface area (Å²) in [5.41, 5.74) is 15.5. The highest BCUT2D eigenvalue weighted by atomic mass is 15.3. The van der Waals surface area contributed by atoms with Gasteiger partial charge in [-0.1, -0.05) is 11.6 Å². The summed E-state index contributed by atoms with van der Waals surface area (Å²) in [4.78, 5) is 0. The third kappa shape index (κ3) is 2.33. The molecule has 0 fully saturated rings. The van der Waals surface area contributed by atoms with Gasteiger partial charge in [0.25, 0.3) is 0 Å². The molecule has 4 heteroatoms. The zero-order valence-electron chi connectivity index (χ0n) is 6.52. The Morgan fingerprint density at radius 3 is 2.82 bits per heavy atom. The van der Waals surface area contributed by atoms with Gasteiger partial charge in [-0.05, 0) is 19.4 Å². The van der Waals surface area contributed by atoms with Crippen LogP contribution < -0.4 is 22.0 Å². The number of hydrazine groups is 1. The zero-order valence-corrected chi connectivity index (χ0v) is 6.52. The molecule has 1 rings (SSSR count). The molecule has 0 atom stereocenters. The number of hydrogen-bond donors (Lipinski definition) is 4. The summed E-state index contributed by atoms with van der Waals surface area (Å²) in [5.74, 6) is 0.170. The van der Waals surface area contributed by atoms with Gasteiger partial charge in [-0.15, -0.1) is 0 Å². The number of nitrogens with two attached hydrogens (primary N) is 2. The first-order valence-corrected chi connectivity index (χ1v) is 3.46. The lowest BCUT2D eigenvalue weighted by atomic mass is 10.3. The lowest BCUT2D eigenvalue weighted by Gasteiger charge is -1.94. The third-order valence-electron chi connectivity index (χ3n) is 1.40. The van der Waals surface area contributed by atoms with E-state index < -0.39 is 0 Å². The Hall–Kier alpha value is -1.45. The number of rotatable bonds is 2. The zero-order chi connectivity index (χ0) is 8.27. The van der Waals surface area contributed by atoms with Crippen LogP contribution in [0.5, 0.6) is 0 Å². The molecule has 0 spiro atoms. The molecule has 6 N–H and O–H groups in total. The summed E-state index contributed by atoms with van der Waals surface area (Å²) in [5, 5.41) is 2.62. The van der Waals surface area contributed by atoms with Gasteiger partial charge in [0.15, 0.2) is 0 Å². The predicted molar refractivity (Wildman–Crippen MR) is 43.9 cm³/mol. The first-order chi connectivity index (χ1) is 5.18. The SMILES string of the molecule is CC1=CC(N[NH+]=C(N)N)=CC1. The van der Waals surface area contributed by atoms with E-state index in [2.05, 4.69) is 23.5 Å². The second kappa shape index (κ2) is 3.09. The molecule has 0 aromatic heterocycles. The van der Waals surface area contributed by atoms with Gasteiger partial charge in [-0.2, -0.15) is 5.10 Å². The fraction of sp³-hybridized carbons (Fsp3) is 0.286. The fourth-order valence-electron chi connectivity index (χ4n) is 0.886. The van der Waals surface area contributed by atoms with E-state index in [1.807, 2.05) is 6.08 Å². The molecule has 0 aromatic rings. The second-order valence-electron chi connectivity index (χ2n) is 2.56. The highest BCUT2D eigenvalue weighted by Crippen LogP contribution is 2.12. The molecule has 11 heavy (non-hydrogen) atoms. The molecule has 0 saturated heterocycles. The molecule has 1 aliphatic carbocycles. The molecule has 0 bridgehead atoms. The van der Waals surface area contributed by atoms with Gasteiger partial charge in [0.2, 0.25) is 0 Å². The highest BCUT2D eigenvalue weighted by Gasteiger charge is 2.00. The lowest BCUT2D eigenvalue weighted by Crippen LogP contribution is -2.86. The lowest BCUT2D eigenvalue weighted by molar-refractivity contribution is -0.518. The van der Waals surface area contributed by atoms with Crippen molar-refractivity contribution < 1.29 is 5.10 Å². The predicted octanol–water partition coefficient (Wildman–Crippen LogP) is -1.92. The topological polar surface area (TPSA) is 78.0 Å². The van der Waals surface area contributed by atoms with Crippen LogP contribution in [0, 0.1) is 0 Å². The average Bonchev–Trinajstić information content (AvgIpc) is 2.31. The Kier molecular flexibility index (Phi) is 2.15. The molecule has 0 saturated carbocycles. The van der Waals surface area contributed by atoms with Crippen LogP contribution in [0.2, 0.25) is 0 Å². The van der Waals surface area contributed by atoms with Crippen molar-refractivity contribution in [3.63, 3.8) is 0 Å². The van der Waals surface area contributed by atoms with Crippen LogP contribution in [-0.4, -0.2) is 5.96 Å². The molecule has 0 unspecified atom stereocenters. The van der Waals surface area contributed by atoms with Crippen LogP contribution in [0.15, 0.2) is 23.4 Å². The Morgan fingerprint density at radius 2 is 2.36 bits per heavy atom. The van der Waals surface area contributed by atoms with Crippen LogP contribution in [-0.2, 0) is 0 Å². The molecule has 0 radical (unpaired) electrons. The van der Waals surface area contributed by atoms with Crippen molar-refractivity contribution in [1.82, 2.24) is 5.43 Å². The second-order valence-corrected chi connectivity index (χ2v) is 2.56. The Balaban J connectivity index is 2.46. The van der Waals surface area contributed by atoms with Crippen LogP contribution in [0.4, 0.5) is 0 Å². The smallest absolute Gasteiger partial charge is 0.289 e. The van der Waals surface area contributed by atoms with E-state index in [1.165, 1.54) is 5.57 Å². The van der Waals surface area contributed by atoms with Crippen molar-refractivity contribution in [3.8, 4) is 0 Å². The fourth-order valence-corrected chi connectivity index (χ4v) is 0.886. The van der Waals surface area contributed by atoms with Crippen molar-refractivity contribution in [2.75, 3.05) is 0 Å². The monoisotopic (exact) mass is 153 g/mol. The Bertz CT molecular complexity index is 233. The van der Waals surface area contributed by atoms with E-state index in [0.29, 0.717) is 0 Å². The molecule has 60 valence electrons.